The SMILES string of the molecule is CC(C)c1cccc(C(C)C)c1C#CC(N)=O. The van der Waals surface area contributed by atoms with Crippen LogP contribution in [0, 0.1) is 11.8 Å². The molecule has 2 nitrogen and oxygen atoms in total. The average molecular weight is 229 g/mol. The summed E-state index contributed by atoms with van der Waals surface area (Å²) < 4.78 is 0. The van der Waals surface area contributed by atoms with Crippen molar-refractivity contribution in [3.63, 3.8) is 0 Å². The predicted octanol–water partition coefficient (Wildman–Crippen LogP) is 2.77. The minimum atomic E-state index is -0.585. The molecule has 0 atom stereocenters. The molecule has 1 aromatic carbocycles. The summed E-state index contributed by atoms with van der Waals surface area (Å²) in [5.74, 6) is 5.54. The molecule has 0 unspecified atom stereocenters. The molecule has 0 bridgehead atoms. The third-order valence-corrected chi connectivity index (χ3v) is 2.68. The Balaban J connectivity index is 3.40. The van der Waals surface area contributed by atoms with Gasteiger partial charge < -0.3 is 5.73 Å². The zero-order chi connectivity index (χ0) is 13.0. The Morgan fingerprint density at radius 1 is 1.12 bits per heavy atom. The molecule has 0 aliphatic carbocycles. The Bertz CT molecular complexity index is 449. The summed E-state index contributed by atoms with van der Waals surface area (Å²) in [5.41, 5.74) is 8.38. The number of benzene rings is 1. The van der Waals surface area contributed by atoms with E-state index in [9.17, 15) is 4.79 Å². The standard InChI is InChI=1S/C15H19NO/c1-10(2)12-6-5-7-13(11(3)4)14(12)8-9-15(16)17/h5-7,10-11H,1-4H3,(H2,16,17). The van der Waals surface area contributed by atoms with Crippen molar-refractivity contribution in [3.05, 3.63) is 34.9 Å². The van der Waals surface area contributed by atoms with Crippen LogP contribution >= 0.6 is 0 Å². The highest BCUT2D eigenvalue weighted by Gasteiger charge is 2.11. The Hall–Kier alpha value is -1.75. The number of amides is 1. The van der Waals surface area contributed by atoms with Crippen molar-refractivity contribution < 1.29 is 4.79 Å². The second kappa shape index (κ2) is 5.54. The van der Waals surface area contributed by atoms with Gasteiger partial charge in [-0.15, -0.1) is 0 Å². The number of hydrogen-bond donors (Lipinski definition) is 1. The maximum absolute atomic E-state index is 10.8. The van der Waals surface area contributed by atoms with Crippen LogP contribution in [-0.4, -0.2) is 5.91 Å². The normalized spacial score (nSPS) is 10.2. The fraction of sp³-hybridized carbons (Fsp3) is 0.400. The van der Waals surface area contributed by atoms with E-state index in [4.69, 9.17) is 5.73 Å². The summed E-state index contributed by atoms with van der Waals surface area (Å²) >= 11 is 0. The number of primary amides is 1. The van der Waals surface area contributed by atoms with E-state index in [1.54, 1.807) is 0 Å². The minimum absolute atomic E-state index is 0.380. The number of hydrogen-bond acceptors (Lipinski definition) is 1. The Morgan fingerprint density at radius 3 is 1.94 bits per heavy atom. The van der Waals surface area contributed by atoms with Gasteiger partial charge in [-0.25, -0.2) is 0 Å². The van der Waals surface area contributed by atoms with E-state index in [1.165, 1.54) is 11.1 Å². The van der Waals surface area contributed by atoms with Crippen molar-refractivity contribution in [2.45, 2.75) is 39.5 Å². The summed E-state index contributed by atoms with van der Waals surface area (Å²) in [6, 6.07) is 6.16. The highest BCUT2D eigenvalue weighted by molar-refractivity contribution is 5.92. The van der Waals surface area contributed by atoms with E-state index < -0.39 is 5.91 Å². The van der Waals surface area contributed by atoms with Gasteiger partial charge in [0.1, 0.15) is 0 Å². The average Bonchev–Trinajstić information content (AvgIpc) is 2.25. The monoisotopic (exact) mass is 229 g/mol. The van der Waals surface area contributed by atoms with Crippen molar-refractivity contribution in [1.29, 1.82) is 0 Å². The number of nitrogens with two attached hydrogens (primary N) is 1. The molecule has 0 heterocycles. The van der Waals surface area contributed by atoms with Gasteiger partial charge in [0.15, 0.2) is 0 Å². The van der Waals surface area contributed by atoms with Gasteiger partial charge in [0, 0.05) is 5.56 Å². The fourth-order valence-corrected chi connectivity index (χ4v) is 1.82. The van der Waals surface area contributed by atoms with E-state index >= 15 is 0 Å². The second-order valence-corrected chi connectivity index (χ2v) is 4.74. The van der Waals surface area contributed by atoms with Crippen molar-refractivity contribution in [3.8, 4) is 11.8 Å². The topological polar surface area (TPSA) is 43.1 Å². The van der Waals surface area contributed by atoms with Crippen LogP contribution in [-0.2, 0) is 4.79 Å². The van der Waals surface area contributed by atoms with Crippen molar-refractivity contribution in [2.75, 3.05) is 0 Å². The smallest absolute Gasteiger partial charge is 0.293 e. The lowest BCUT2D eigenvalue weighted by molar-refractivity contribution is -0.112. The van der Waals surface area contributed by atoms with E-state index in [1.807, 2.05) is 6.07 Å². The van der Waals surface area contributed by atoms with Crippen LogP contribution in [0.1, 0.15) is 56.2 Å². The summed E-state index contributed by atoms with van der Waals surface area (Å²) in [6.07, 6.45) is 0. The number of rotatable bonds is 2. The quantitative estimate of drug-likeness (QED) is 0.778. The van der Waals surface area contributed by atoms with Crippen molar-refractivity contribution in [1.82, 2.24) is 0 Å². The van der Waals surface area contributed by atoms with Crippen molar-refractivity contribution in [2.24, 2.45) is 5.73 Å². The first-order valence-corrected chi connectivity index (χ1v) is 5.87. The van der Waals surface area contributed by atoms with Crippen LogP contribution in [0.25, 0.3) is 0 Å². The van der Waals surface area contributed by atoms with Crippen LogP contribution in [0.4, 0.5) is 0 Å². The minimum Gasteiger partial charge on any atom is -0.359 e. The van der Waals surface area contributed by atoms with E-state index in [0.29, 0.717) is 11.8 Å². The first-order chi connectivity index (χ1) is 7.93. The van der Waals surface area contributed by atoms with Crippen LogP contribution in [0.5, 0.6) is 0 Å². The molecule has 2 heteroatoms. The van der Waals surface area contributed by atoms with Gasteiger partial charge in [-0.2, -0.15) is 0 Å². The van der Waals surface area contributed by atoms with Gasteiger partial charge >= 0.3 is 0 Å². The number of carbonyl (C=O) groups excluding carboxylic acids is 1. The maximum atomic E-state index is 10.8. The highest BCUT2D eigenvalue weighted by atomic mass is 16.1. The molecule has 2 N–H and O–H groups in total. The van der Waals surface area contributed by atoms with Gasteiger partial charge in [0.2, 0.25) is 0 Å². The molecule has 0 aliphatic rings. The Morgan fingerprint density at radius 2 is 1.59 bits per heavy atom. The predicted molar refractivity (Wildman–Crippen MR) is 70.7 cm³/mol. The Labute approximate surface area is 103 Å². The first-order valence-electron chi connectivity index (χ1n) is 5.87. The lowest BCUT2D eigenvalue weighted by Gasteiger charge is -2.15. The molecule has 0 saturated heterocycles. The maximum Gasteiger partial charge on any atom is 0.293 e. The molecule has 17 heavy (non-hydrogen) atoms. The third-order valence-electron chi connectivity index (χ3n) is 2.68. The molecule has 0 radical (unpaired) electrons. The molecule has 1 amide bonds. The van der Waals surface area contributed by atoms with Crippen LogP contribution in [0.3, 0.4) is 0 Å². The second-order valence-electron chi connectivity index (χ2n) is 4.74. The summed E-state index contributed by atoms with van der Waals surface area (Å²) in [7, 11) is 0. The van der Waals surface area contributed by atoms with Crippen LogP contribution in [0.15, 0.2) is 18.2 Å². The van der Waals surface area contributed by atoms with Gasteiger partial charge in [0.25, 0.3) is 5.91 Å². The van der Waals surface area contributed by atoms with Gasteiger partial charge in [0.05, 0.1) is 0 Å². The third kappa shape index (κ3) is 3.35. The summed E-state index contributed by atoms with van der Waals surface area (Å²) in [4.78, 5) is 10.8. The van der Waals surface area contributed by atoms with Crippen molar-refractivity contribution >= 4 is 5.91 Å². The molecule has 0 saturated carbocycles. The summed E-state index contributed by atoms with van der Waals surface area (Å²) in [5, 5.41) is 0. The molecular weight excluding hydrogens is 210 g/mol. The van der Waals surface area contributed by atoms with Gasteiger partial charge in [-0.1, -0.05) is 51.8 Å². The zero-order valence-corrected chi connectivity index (χ0v) is 10.9. The molecule has 0 aromatic heterocycles. The summed E-state index contributed by atoms with van der Waals surface area (Å²) in [6.45, 7) is 8.48. The molecule has 90 valence electrons. The molecule has 0 aliphatic heterocycles. The van der Waals surface area contributed by atoms with Crippen LogP contribution < -0.4 is 5.73 Å². The molecule has 1 aromatic rings. The first kappa shape index (κ1) is 13.3. The van der Waals surface area contributed by atoms with Crippen LogP contribution in [0.2, 0.25) is 0 Å². The van der Waals surface area contributed by atoms with Gasteiger partial charge in [-0.05, 0) is 28.9 Å². The van der Waals surface area contributed by atoms with E-state index in [-0.39, 0.29) is 0 Å². The fourth-order valence-electron chi connectivity index (χ4n) is 1.82. The molecule has 0 fully saturated rings. The largest absolute Gasteiger partial charge is 0.359 e. The van der Waals surface area contributed by atoms with E-state index in [2.05, 4.69) is 51.7 Å². The Kier molecular flexibility index (Phi) is 4.34. The molecule has 1 rings (SSSR count). The highest BCUT2D eigenvalue weighted by Crippen LogP contribution is 2.26. The number of carbonyl (C=O) groups is 1. The molecule has 0 spiro atoms. The zero-order valence-electron chi connectivity index (χ0n) is 10.9. The lowest BCUT2D eigenvalue weighted by atomic mass is 9.89. The lowest BCUT2D eigenvalue weighted by Crippen LogP contribution is -2.07. The van der Waals surface area contributed by atoms with Gasteiger partial charge in [-0.3, -0.25) is 4.79 Å². The molecular formula is C15H19NO. The van der Waals surface area contributed by atoms with E-state index in [0.717, 1.165) is 5.56 Å².